The van der Waals surface area contributed by atoms with Gasteiger partial charge >= 0.3 is 115 Å². The van der Waals surface area contributed by atoms with Gasteiger partial charge in [0.25, 0.3) is 0 Å². The molecule has 0 aromatic carbocycles. The van der Waals surface area contributed by atoms with Gasteiger partial charge in [-0.2, -0.15) is 0 Å². The van der Waals surface area contributed by atoms with Crippen LogP contribution in [0.2, 0.25) is 0 Å². The molecule has 0 saturated carbocycles. The van der Waals surface area contributed by atoms with Crippen molar-refractivity contribution >= 4 is 0 Å². The molecule has 0 heterocycles. The molecule has 0 aromatic heterocycles. The smallest absolute Gasteiger partial charge is 2.00 e. The van der Waals surface area contributed by atoms with Crippen LogP contribution in [0.15, 0.2) is 0 Å². The molecule has 28 valence electrons. The third-order valence-electron chi connectivity index (χ3n) is 0. The molecule has 0 amide bonds. The van der Waals surface area contributed by atoms with E-state index in [1.54, 1.807) is 0 Å². The maximum Gasteiger partial charge on any atom is 3.00 e. The summed E-state index contributed by atoms with van der Waals surface area (Å²) in [6.45, 7) is 0. The second-order valence-electron chi connectivity index (χ2n) is 0. The van der Waals surface area contributed by atoms with E-state index in [9.17, 15) is 0 Å². The maximum atomic E-state index is 0. The van der Waals surface area contributed by atoms with Crippen molar-refractivity contribution in [1.29, 1.82) is 0 Å². The minimum absolute atomic E-state index is 0. The fraction of sp³-hybridized carbons (Fsp3) is 0. The maximum absolute atomic E-state index is 0. The van der Waals surface area contributed by atoms with E-state index < -0.39 is 0 Å². The molecule has 0 rings (SSSR count). The van der Waals surface area contributed by atoms with Gasteiger partial charge in [0.1, 0.15) is 0 Å². The van der Waals surface area contributed by atoms with Crippen LogP contribution in [-0.4, -0.2) is 0 Å². The third kappa shape index (κ3) is 25.3. The predicted molar refractivity (Wildman–Crippen MR) is 2.06 cm³/mol. The van der Waals surface area contributed by atoms with Crippen molar-refractivity contribution < 1.29 is 131 Å². The molecule has 3 nitrogen and oxygen atoms in total. The first-order chi connectivity index (χ1) is 0. The topological polar surface area (TPSA) is 85.5 Å². The van der Waals surface area contributed by atoms with Crippen LogP contribution >= 0.6 is 0 Å². The predicted octanol–water partition coefficient (Wildman–Crippen LogP) is -0.361. The summed E-state index contributed by atoms with van der Waals surface area (Å²) in [5.74, 6) is 0. The quantitative estimate of drug-likeness (QED) is 0.552. The van der Waals surface area contributed by atoms with Gasteiger partial charge in [0.15, 0.2) is 0 Å². The summed E-state index contributed by atoms with van der Waals surface area (Å²) in [6, 6.07) is 0. The summed E-state index contributed by atoms with van der Waals surface area (Å²) in [6.07, 6.45) is 0. The van der Waals surface area contributed by atoms with E-state index in [0.717, 1.165) is 0 Å². The van der Waals surface area contributed by atoms with Crippen molar-refractivity contribution in [3.63, 3.8) is 0 Å². The van der Waals surface area contributed by atoms with Crippen molar-refractivity contribution in [2.24, 2.45) is 0 Å². The molecular formula is EuO3Y2+3. The van der Waals surface area contributed by atoms with Crippen LogP contribution in [0.5, 0.6) is 0 Å². The van der Waals surface area contributed by atoms with Crippen molar-refractivity contribution in [1.82, 2.24) is 0 Å². The zero-order valence-electron chi connectivity index (χ0n) is 2.76. The van der Waals surface area contributed by atoms with Gasteiger partial charge in [-0.1, -0.05) is 0 Å². The van der Waals surface area contributed by atoms with E-state index in [1.807, 2.05) is 0 Å². The molecule has 6 heavy (non-hydrogen) atoms. The largest absolute Gasteiger partial charge is 3.00 e. The van der Waals surface area contributed by atoms with E-state index >= 15 is 0 Å². The molecule has 0 unspecified atom stereocenters. The Balaban J connectivity index is 0. The van der Waals surface area contributed by atoms with Gasteiger partial charge < -0.3 is 16.4 Å². The summed E-state index contributed by atoms with van der Waals surface area (Å²) in [5.41, 5.74) is 0. The summed E-state index contributed by atoms with van der Waals surface area (Å²) < 4.78 is 0. The van der Waals surface area contributed by atoms with Gasteiger partial charge in [-0.3, -0.25) is 0 Å². The van der Waals surface area contributed by atoms with E-state index in [2.05, 4.69) is 0 Å². The van der Waals surface area contributed by atoms with Crippen LogP contribution in [0.1, 0.15) is 0 Å². The Hall–Kier alpha value is 3.67. The van der Waals surface area contributed by atoms with Gasteiger partial charge in [-0.25, -0.2) is 0 Å². The van der Waals surface area contributed by atoms with Crippen LogP contribution < -0.4 is 0 Å². The molecule has 0 spiro atoms. The standard InChI is InChI=1S/Eu.3O.2Y/q+3;3*-2;2*+3. The molecule has 6 heteroatoms. The monoisotopic (exact) mass is 379 g/mol. The van der Waals surface area contributed by atoms with Gasteiger partial charge in [-0.15, -0.1) is 0 Å². The second-order valence-corrected chi connectivity index (χ2v) is 0. The summed E-state index contributed by atoms with van der Waals surface area (Å²) in [4.78, 5) is 0. The molecule has 0 aliphatic carbocycles. The van der Waals surface area contributed by atoms with Crippen molar-refractivity contribution in [2.45, 2.75) is 0 Å². The zero-order chi connectivity index (χ0) is 0. The molecule has 0 aromatic rings. The molecular weight excluding hydrogens is 378 g/mol. The Labute approximate surface area is 128 Å². The average molecular weight is 378 g/mol. The average Bonchev–Trinajstić information content (AvgIpc) is 0. The molecule has 0 radical (unpaired) electrons. The molecule has 0 atom stereocenters. The fourth-order valence-electron chi connectivity index (χ4n) is 0. The molecule has 0 N–H and O–H groups in total. The van der Waals surface area contributed by atoms with Gasteiger partial charge in [-0.05, 0) is 0 Å². The van der Waals surface area contributed by atoms with Crippen LogP contribution in [0.4, 0.5) is 0 Å². The fourth-order valence-corrected chi connectivity index (χ4v) is 0. The molecule has 0 aliphatic heterocycles. The molecule has 0 bridgehead atoms. The Bertz CT molecular complexity index is 8.75. The molecule has 0 saturated heterocycles. The van der Waals surface area contributed by atoms with Crippen LogP contribution in [0.25, 0.3) is 0 Å². The normalized spacial score (nSPS) is 0. The number of rotatable bonds is 0. The van der Waals surface area contributed by atoms with Gasteiger partial charge in [0, 0.05) is 0 Å². The van der Waals surface area contributed by atoms with Crippen LogP contribution in [0, 0.1) is 49.4 Å². The van der Waals surface area contributed by atoms with E-state index in [-0.39, 0.29) is 131 Å². The Morgan fingerprint density at radius 3 is 0.500 bits per heavy atom. The molecule has 0 aliphatic rings. The minimum atomic E-state index is 0. The first-order valence-corrected chi connectivity index (χ1v) is 0. The van der Waals surface area contributed by atoms with Crippen LogP contribution in [-0.2, 0) is 81.8 Å². The molecule has 0 fully saturated rings. The summed E-state index contributed by atoms with van der Waals surface area (Å²) in [5, 5.41) is 0. The first kappa shape index (κ1) is 53.9. The number of hydrogen-bond acceptors (Lipinski definition) is 0. The Morgan fingerprint density at radius 2 is 0.500 bits per heavy atom. The van der Waals surface area contributed by atoms with Gasteiger partial charge in [0.05, 0.1) is 0 Å². The summed E-state index contributed by atoms with van der Waals surface area (Å²) >= 11 is 0. The third-order valence-corrected chi connectivity index (χ3v) is 0. The number of hydrogen-bond donors (Lipinski definition) is 0. The van der Waals surface area contributed by atoms with Crippen LogP contribution in [0.3, 0.4) is 0 Å². The second kappa shape index (κ2) is 37.9. The van der Waals surface area contributed by atoms with Crippen molar-refractivity contribution in [3.8, 4) is 0 Å². The van der Waals surface area contributed by atoms with Crippen molar-refractivity contribution in [3.05, 3.63) is 0 Å². The van der Waals surface area contributed by atoms with E-state index in [4.69, 9.17) is 0 Å². The SMILES string of the molecule is [Eu+3].[O-2].[O-2].[O-2].[Y+3].[Y+3]. The summed E-state index contributed by atoms with van der Waals surface area (Å²) in [7, 11) is 0. The Kier molecular flexibility index (Phi) is 340. The first-order valence-electron chi connectivity index (χ1n) is 0. The minimum Gasteiger partial charge on any atom is -2.00 e. The Morgan fingerprint density at radius 1 is 0.500 bits per heavy atom. The van der Waals surface area contributed by atoms with E-state index in [1.165, 1.54) is 0 Å². The van der Waals surface area contributed by atoms with Crippen molar-refractivity contribution in [2.75, 3.05) is 0 Å². The zero-order valence-corrected chi connectivity index (χ0v) is 10.9. The van der Waals surface area contributed by atoms with Gasteiger partial charge in [0.2, 0.25) is 0 Å². The van der Waals surface area contributed by atoms with E-state index in [0.29, 0.717) is 0 Å².